The molecule has 3 aliphatic heterocycles. The number of thioether (sulfide) groups is 1. The van der Waals surface area contributed by atoms with Gasteiger partial charge in [0.1, 0.15) is 20.6 Å². The van der Waals surface area contributed by atoms with E-state index in [1.807, 2.05) is 72.6 Å². The zero-order valence-electron chi connectivity index (χ0n) is 20.1. The van der Waals surface area contributed by atoms with Crippen molar-refractivity contribution in [1.29, 1.82) is 0 Å². The van der Waals surface area contributed by atoms with Crippen LogP contribution in [-0.4, -0.2) is 58.4 Å². The van der Waals surface area contributed by atoms with Gasteiger partial charge in [-0.15, -0.1) is 0 Å². The summed E-state index contributed by atoms with van der Waals surface area (Å²) in [4.78, 5) is 34.4. The van der Waals surface area contributed by atoms with Crippen LogP contribution in [0.4, 0.5) is 5.69 Å². The maximum Gasteiger partial charge on any atom is 0.254 e. The second-order valence-corrected chi connectivity index (χ2v) is 11.3. The van der Waals surface area contributed by atoms with Crippen LogP contribution in [-0.2, 0) is 21.7 Å². The Morgan fingerprint density at radius 3 is 2.56 bits per heavy atom. The van der Waals surface area contributed by atoms with Crippen LogP contribution in [0.5, 0.6) is 5.75 Å². The topological polar surface area (TPSA) is 66.2 Å². The Balaban J connectivity index is 1.60. The quantitative estimate of drug-likeness (QED) is 0.483. The standard InChI is InChI=1S/C27H25N3O4S2/c1-28-16-20(22-10-7-13-34-22)27(24(32)30(25(35)36-27)15-17-8-5-4-6-9-17)26(28)19-14-18(33-3)11-12-21(19)29(2)23(26)31/h4-14,20H,15-16H2,1-3H3/t20-,26-,27-/m0/s1. The smallest absolute Gasteiger partial charge is 0.254 e. The Labute approximate surface area is 219 Å². The minimum atomic E-state index is -1.29. The number of hydrogen-bond donors (Lipinski definition) is 0. The molecule has 36 heavy (non-hydrogen) atoms. The van der Waals surface area contributed by atoms with Crippen molar-refractivity contribution in [3.05, 3.63) is 83.8 Å². The highest BCUT2D eigenvalue weighted by atomic mass is 32.2. The molecule has 0 saturated carbocycles. The van der Waals surface area contributed by atoms with Crippen molar-refractivity contribution in [2.45, 2.75) is 22.7 Å². The molecule has 0 unspecified atom stereocenters. The molecule has 1 aromatic heterocycles. The van der Waals surface area contributed by atoms with Crippen molar-refractivity contribution in [3.63, 3.8) is 0 Å². The van der Waals surface area contributed by atoms with Crippen LogP contribution >= 0.6 is 24.0 Å². The average Bonchev–Trinajstić information content (AvgIpc) is 3.61. The molecule has 4 heterocycles. The first-order valence-electron chi connectivity index (χ1n) is 11.7. The highest BCUT2D eigenvalue weighted by Crippen LogP contribution is 2.67. The Morgan fingerprint density at radius 1 is 1.08 bits per heavy atom. The Kier molecular flexibility index (Phi) is 5.30. The lowest BCUT2D eigenvalue weighted by Gasteiger charge is -2.41. The lowest BCUT2D eigenvalue weighted by atomic mass is 9.73. The average molecular weight is 520 g/mol. The Bertz CT molecular complexity index is 1380. The fourth-order valence-electron chi connectivity index (χ4n) is 6.15. The molecule has 3 atom stereocenters. The molecule has 2 saturated heterocycles. The fourth-order valence-corrected chi connectivity index (χ4v) is 8.25. The first-order chi connectivity index (χ1) is 17.4. The third-order valence-corrected chi connectivity index (χ3v) is 9.67. The summed E-state index contributed by atoms with van der Waals surface area (Å²) in [5.41, 5.74) is 1.18. The summed E-state index contributed by atoms with van der Waals surface area (Å²) < 4.78 is 10.6. The van der Waals surface area contributed by atoms with E-state index in [-0.39, 0.29) is 11.8 Å². The number of fused-ring (bicyclic) bond motifs is 3. The first kappa shape index (κ1) is 23.3. The van der Waals surface area contributed by atoms with Crippen LogP contribution in [0.3, 0.4) is 0 Å². The summed E-state index contributed by atoms with van der Waals surface area (Å²) in [5, 5.41) is 0. The van der Waals surface area contributed by atoms with E-state index in [4.69, 9.17) is 21.4 Å². The van der Waals surface area contributed by atoms with Crippen molar-refractivity contribution in [3.8, 4) is 5.75 Å². The molecule has 3 aliphatic rings. The third kappa shape index (κ3) is 2.82. The number of carbonyl (C=O) groups excluding carboxylic acids is 2. The SMILES string of the molecule is COc1ccc2c(c1)[C@@]1(C(=O)N2C)N(C)C[C@@H](c2ccco2)[C@@]12SC(=S)N(Cc1ccccc1)C2=O. The van der Waals surface area contributed by atoms with Gasteiger partial charge >= 0.3 is 0 Å². The van der Waals surface area contributed by atoms with Crippen LogP contribution in [0.15, 0.2) is 71.3 Å². The van der Waals surface area contributed by atoms with E-state index in [1.54, 1.807) is 30.2 Å². The summed E-state index contributed by atoms with van der Waals surface area (Å²) in [5.74, 6) is 0.552. The van der Waals surface area contributed by atoms with Gasteiger partial charge in [0.05, 0.1) is 25.8 Å². The maximum absolute atomic E-state index is 14.7. The van der Waals surface area contributed by atoms with Gasteiger partial charge in [0, 0.05) is 24.8 Å². The molecular formula is C27H25N3O4S2. The molecule has 0 bridgehead atoms. The zero-order chi connectivity index (χ0) is 25.2. The van der Waals surface area contributed by atoms with Crippen molar-refractivity contribution < 1.29 is 18.7 Å². The molecule has 2 spiro atoms. The Hall–Kier alpha value is -3.14. The van der Waals surface area contributed by atoms with Gasteiger partial charge in [-0.05, 0) is 42.9 Å². The second kappa shape index (κ2) is 8.19. The summed E-state index contributed by atoms with van der Waals surface area (Å²) in [7, 11) is 5.26. The number of hydrogen-bond acceptors (Lipinski definition) is 7. The highest BCUT2D eigenvalue weighted by molar-refractivity contribution is 8.25. The van der Waals surface area contributed by atoms with Crippen molar-refractivity contribution in [2.75, 3.05) is 32.6 Å². The molecule has 9 heteroatoms. The zero-order valence-corrected chi connectivity index (χ0v) is 21.8. The van der Waals surface area contributed by atoms with Crippen LogP contribution in [0.2, 0.25) is 0 Å². The normalized spacial score (nSPS) is 27.6. The predicted molar refractivity (Wildman–Crippen MR) is 142 cm³/mol. The minimum Gasteiger partial charge on any atom is -0.497 e. The lowest BCUT2D eigenvalue weighted by molar-refractivity contribution is -0.139. The number of nitrogens with zero attached hydrogens (tertiary/aromatic N) is 3. The minimum absolute atomic E-state index is 0.160. The second-order valence-electron chi connectivity index (χ2n) is 9.39. The molecular weight excluding hydrogens is 494 g/mol. The van der Waals surface area contributed by atoms with Gasteiger partial charge in [-0.25, -0.2) is 0 Å². The van der Waals surface area contributed by atoms with Gasteiger partial charge in [-0.1, -0.05) is 54.3 Å². The molecule has 0 radical (unpaired) electrons. The predicted octanol–water partition coefficient (Wildman–Crippen LogP) is 3.99. The fraction of sp³-hybridized carbons (Fsp3) is 0.296. The number of anilines is 1. The number of thiocarbonyl (C=S) groups is 1. The van der Waals surface area contributed by atoms with Gasteiger partial charge < -0.3 is 14.1 Å². The molecule has 2 fully saturated rings. The van der Waals surface area contributed by atoms with Gasteiger partial charge in [0.15, 0.2) is 5.54 Å². The van der Waals surface area contributed by atoms with E-state index in [2.05, 4.69) is 0 Å². The van der Waals surface area contributed by atoms with E-state index < -0.39 is 16.2 Å². The number of amides is 2. The van der Waals surface area contributed by atoms with Crippen molar-refractivity contribution in [2.24, 2.45) is 0 Å². The van der Waals surface area contributed by atoms with E-state index in [9.17, 15) is 9.59 Å². The number of likely N-dealkylation sites (N-methyl/N-ethyl adjacent to an activating group) is 2. The third-order valence-electron chi connectivity index (χ3n) is 7.73. The van der Waals surface area contributed by atoms with Crippen LogP contribution < -0.4 is 9.64 Å². The molecule has 0 N–H and O–H groups in total. The summed E-state index contributed by atoms with van der Waals surface area (Å²) in [6, 6.07) is 19.1. The summed E-state index contributed by atoms with van der Waals surface area (Å²) in [6.07, 6.45) is 1.61. The monoisotopic (exact) mass is 519 g/mol. The molecule has 2 aromatic carbocycles. The van der Waals surface area contributed by atoms with Crippen molar-refractivity contribution in [1.82, 2.24) is 9.80 Å². The number of benzene rings is 2. The van der Waals surface area contributed by atoms with E-state index in [0.29, 0.717) is 28.9 Å². The van der Waals surface area contributed by atoms with E-state index >= 15 is 0 Å². The number of carbonyl (C=O) groups is 2. The maximum atomic E-state index is 14.7. The molecule has 3 aromatic rings. The molecule has 7 nitrogen and oxygen atoms in total. The lowest BCUT2D eigenvalue weighted by Crippen LogP contribution is -2.62. The molecule has 6 rings (SSSR count). The molecule has 2 amide bonds. The summed E-state index contributed by atoms with van der Waals surface area (Å²) in [6.45, 7) is 0.789. The van der Waals surface area contributed by atoms with E-state index in [1.165, 1.54) is 11.8 Å². The van der Waals surface area contributed by atoms with Gasteiger partial charge in [0.25, 0.3) is 5.91 Å². The summed E-state index contributed by atoms with van der Waals surface area (Å²) >= 11 is 7.17. The molecule has 0 aliphatic carbocycles. The van der Waals surface area contributed by atoms with Gasteiger partial charge in [-0.2, -0.15) is 0 Å². The number of ether oxygens (including phenoxy) is 1. The number of rotatable bonds is 4. The van der Waals surface area contributed by atoms with Gasteiger partial charge in [0.2, 0.25) is 5.91 Å². The molecule has 184 valence electrons. The van der Waals surface area contributed by atoms with E-state index in [0.717, 1.165) is 16.8 Å². The van der Waals surface area contributed by atoms with Crippen LogP contribution in [0.25, 0.3) is 0 Å². The highest BCUT2D eigenvalue weighted by Gasteiger charge is 2.79. The Morgan fingerprint density at radius 2 is 1.86 bits per heavy atom. The largest absolute Gasteiger partial charge is 0.497 e. The van der Waals surface area contributed by atoms with Crippen LogP contribution in [0.1, 0.15) is 22.8 Å². The van der Waals surface area contributed by atoms with Crippen LogP contribution in [0, 0.1) is 0 Å². The van der Waals surface area contributed by atoms with Gasteiger partial charge in [-0.3, -0.25) is 19.4 Å². The first-order valence-corrected chi connectivity index (χ1v) is 12.9. The van der Waals surface area contributed by atoms with Crippen molar-refractivity contribution >= 4 is 45.8 Å². The number of methoxy groups -OCH3 is 1. The number of furan rings is 1. The number of likely N-dealkylation sites (tertiary alicyclic amines) is 1.